The largest absolute Gasteiger partial charge is 0.456 e. The normalized spacial score (nSPS) is 17.0. The van der Waals surface area contributed by atoms with Crippen LogP contribution in [0.15, 0.2) is 24.3 Å². The number of benzene rings is 1. The number of hydrogen-bond donors (Lipinski definition) is 1. The monoisotopic (exact) mass is 351 g/mol. The summed E-state index contributed by atoms with van der Waals surface area (Å²) in [5.41, 5.74) is 0.270. The first-order valence-electron chi connectivity index (χ1n) is 7.99. The number of morpholine rings is 1. The van der Waals surface area contributed by atoms with Crippen molar-refractivity contribution in [3.63, 3.8) is 0 Å². The van der Waals surface area contributed by atoms with E-state index in [2.05, 4.69) is 5.32 Å². The second-order valence-electron chi connectivity index (χ2n) is 5.63. The summed E-state index contributed by atoms with van der Waals surface area (Å²) in [6, 6.07) is 6.17. The molecule has 1 aliphatic rings. The van der Waals surface area contributed by atoms with Crippen LogP contribution in [0.4, 0.5) is 11.4 Å². The Morgan fingerprint density at radius 3 is 2.92 bits per heavy atom. The second-order valence-corrected chi connectivity index (χ2v) is 5.63. The maximum atomic E-state index is 12.0. The van der Waals surface area contributed by atoms with Crippen molar-refractivity contribution in [2.75, 3.05) is 38.2 Å². The number of carbonyl (C=O) groups excluding carboxylic acids is 2. The number of esters is 1. The Morgan fingerprint density at radius 2 is 2.20 bits per heavy atom. The van der Waals surface area contributed by atoms with Crippen LogP contribution in [0.5, 0.6) is 0 Å². The van der Waals surface area contributed by atoms with Crippen LogP contribution >= 0.6 is 0 Å². The predicted octanol–water partition coefficient (Wildman–Crippen LogP) is 1.19. The molecule has 1 amide bonds. The topological polar surface area (TPSA) is 111 Å². The average molecular weight is 351 g/mol. The highest BCUT2D eigenvalue weighted by Crippen LogP contribution is 2.22. The molecule has 2 rings (SSSR count). The molecule has 1 atom stereocenters. The minimum atomic E-state index is -0.541. The van der Waals surface area contributed by atoms with E-state index in [1.807, 2.05) is 6.92 Å². The number of rotatable bonds is 7. The van der Waals surface area contributed by atoms with E-state index in [-0.39, 0.29) is 37.3 Å². The first kappa shape index (κ1) is 18.7. The van der Waals surface area contributed by atoms with Gasteiger partial charge >= 0.3 is 5.97 Å². The number of carbonyl (C=O) groups is 2. The van der Waals surface area contributed by atoms with Gasteiger partial charge in [0.25, 0.3) is 11.6 Å². The molecule has 0 aliphatic carbocycles. The van der Waals surface area contributed by atoms with Crippen molar-refractivity contribution in [2.45, 2.75) is 19.4 Å². The average Bonchev–Trinajstić information content (AvgIpc) is 2.60. The molecule has 0 spiro atoms. The van der Waals surface area contributed by atoms with Crippen LogP contribution in [0.25, 0.3) is 0 Å². The number of para-hydroxylation sites is 2. The summed E-state index contributed by atoms with van der Waals surface area (Å²) in [6.07, 6.45) is -0.0296. The van der Waals surface area contributed by atoms with Crippen molar-refractivity contribution in [1.82, 2.24) is 4.90 Å². The number of hydrogen-bond acceptors (Lipinski definition) is 7. The van der Waals surface area contributed by atoms with Gasteiger partial charge in [0.2, 0.25) is 0 Å². The maximum Gasteiger partial charge on any atom is 0.308 e. The zero-order valence-corrected chi connectivity index (χ0v) is 14.0. The molecule has 9 nitrogen and oxygen atoms in total. The highest BCUT2D eigenvalue weighted by Gasteiger charge is 2.22. The van der Waals surface area contributed by atoms with E-state index in [1.165, 1.54) is 6.07 Å². The van der Waals surface area contributed by atoms with Gasteiger partial charge in [-0.2, -0.15) is 0 Å². The van der Waals surface area contributed by atoms with E-state index in [1.54, 1.807) is 23.1 Å². The van der Waals surface area contributed by atoms with Crippen LogP contribution in [0, 0.1) is 10.1 Å². The molecule has 1 saturated heterocycles. The van der Waals surface area contributed by atoms with Gasteiger partial charge in [0.15, 0.2) is 6.61 Å². The fourth-order valence-corrected chi connectivity index (χ4v) is 2.43. The first-order chi connectivity index (χ1) is 12.0. The smallest absolute Gasteiger partial charge is 0.308 e. The SMILES string of the molecule is CC1CN(C(=O)COC(=O)CCNc2ccccc2[N+](=O)[O-])CCO1. The number of nitrogens with one attached hydrogen (secondary N) is 1. The molecule has 9 heteroatoms. The van der Waals surface area contributed by atoms with Gasteiger partial charge in [-0.1, -0.05) is 12.1 Å². The molecule has 1 fully saturated rings. The molecule has 0 radical (unpaired) electrons. The Balaban J connectivity index is 1.71. The number of anilines is 1. The molecular weight excluding hydrogens is 330 g/mol. The molecule has 1 aromatic rings. The Labute approximate surface area is 145 Å². The quantitative estimate of drug-likeness (QED) is 0.446. The molecule has 1 heterocycles. The lowest BCUT2D eigenvalue weighted by Crippen LogP contribution is -2.46. The van der Waals surface area contributed by atoms with E-state index in [0.717, 1.165) is 0 Å². The molecule has 1 aliphatic heterocycles. The summed E-state index contributed by atoms with van der Waals surface area (Å²) >= 11 is 0. The minimum Gasteiger partial charge on any atom is -0.456 e. The lowest BCUT2D eigenvalue weighted by Gasteiger charge is -2.30. The van der Waals surface area contributed by atoms with E-state index in [0.29, 0.717) is 25.4 Å². The summed E-state index contributed by atoms with van der Waals surface area (Å²) in [4.78, 5) is 35.7. The van der Waals surface area contributed by atoms with Gasteiger partial charge in [0.1, 0.15) is 5.69 Å². The number of nitro groups is 1. The fourth-order valence-electron chi connectivity index (χ4n) is 2.43. The van der Waals surface area contributed by atoms with Gasteiger partial charge in [-0.15, -0.1) is 0 Å². The fraction of sp³-hybridized carbons (Fsp3) is 0.500. The number of nitrogens with zero attached hydrogens (tertiary/aromatic N) is 2. The molecule has 1 aromatic carbocycles. The zero-order chi connectivity index (χ0) is 18.2. The van der Waals surface area contributed by atoms with Crippen molar-refractivity contribution in [1.29, 1.82) is 0 Å². The van der Waals surface area contributed by atoms with E-state index in [9.17, 15) is 19.7 Å². The van der Waals surface area contributed by atoms with Crippen molar-refractivity contribution >= 4 is 23.3 Å². The van der Waals surface area contributed by atoms with Crippen LogP contribution < -0.4 is 5.32 Å². The van der Waals surface area contributed by atoms with Gasteiger partial charge in [-0.05, 0) is 13.0 Å². The van der Waals surface area contributed by atoms with Crippen LogP contribution in [-0.4, -0.2) is 60.7 Å². The van der Waals surface area contributed by atoms with E-state index >= 15 is 0 Å². The van der Waals surface area contributed by atoms with Crippen LogP contribution in [-0.2, 0) is 19.1 Å². The standard InChI is InChI=1S/C16H21N3O6/c1-12-10-18(8-9-24-12)15(20)11-25-16(21)6-7-17-13-4-2-3-5-14(13)19(22)23/h2-5,12,17H,6-11H2,1H3. The molecular formula is C16H21N3O6. The summed E-state index contributed by atoms with van der Waals surface area (Å²) in [5.74, 6) is -0.795. The van der Waals surface area contributed by atoms with Crippen LogP contribution in [0.1, 0.15) is 13.3 Å². The third kappa shape index (κ3) is 5.71. The van der Waals surface area contributed by atoms with Crippen LogP contribution in [0.2, 0.25) is 0 Å². The van der Waals surface area contributed by atoms with E-state index < -0.39 is 10.9 Å². The highest BCUT2D eigenvalue weighted by atomic mass is 16.6. The third-order valence-electron chi connectivity index (χ3n) is 3.70. The van der Waals surface area contributed by atoms with E-state index in [4.69, 9.17) is 9.47 Å². The number of amides is 1. The minimum absolute atomic E-state index is 0.00115. The van der Waals surface area contributed by atoms with Gasteiger partial charge in [-0.25, -0.2) is 0 Å². The first-order valence-corrected chi connectivity index (χ1v) is 7.99. The van der Waals surface area contributed by atoms with Crippen molar-refractivity contribution < 1.29 is 24.0 Å². The van der Waals surface area contributed by atoms with Crippen molar-refractivity contribution in [3.8, 4) is 0 Å². The Bertz CT molecular complexity index is 636. The molecule has 0 saturated carbocycles. The molecule has 0 bridgehead atoms. The Morgan fingerprint density at radius 1 is 1.44 bits per heavy atom. The molecule has 1 N–H and O–H groups in total. The molecule has 25 heavy (non-hydrogen) atoms. The Hall–Kier alpha value is -2.68. The summed E-state index contributed by atoms with van der Waals surface area (Å²) in [5, 5.41) is 13.7. The second kappa shape index (κ2) is 8.97. The molecule has 0 aromatic heterocycles. The van der Waals surface area contributed by atoms with Gasteiger partial charge in [-0.3, -0.25) is 19.7 Å². The predicted molar refractivity (Wildman–Crippen MR) is 89.2 cm³/mol. The van der Waals surface area contributed by atoms with Crippen LogP contribution in [0.3, 0.4) is 0 Å². The van der Waals surface area contributed by atoms with Gasteiger partial charge < -0.3 is 19.7 Å². The zero-order valence-electron chi connectivity index (χ0n) is 14.0. The number of ether oxygens (including phenoxy) is 2. The molecule has 1 unspecified atom stereocenters. The highest BCUT2D eigenvalue weighted by molar-refractivity contribution is 5.81. The maximum absolute atomic E-state index is 12.0. The lowest BCUT2D eigenvalue weighted by molar-refractivity contribution is -0.384. The molecule has 136 valence electrons. The van der Waals surface area contributed by atoms with Crippen molar-refractivity contribution in [2.24, 2.45) is 0 Å². The lowest BCUT2D eigenvalue weighted by atomic mass is 10.2. The third-order valence-corrected chi connectivity index (χ3v) is 3.70. The number of nitro benzene ring substituents is 1. The van der Waals surface area contributed by atoms with Gasteiger partial charge in [0.05, 0.1) is 24.1 Å². The summed E-state index contributed by atoms with van der Waals surface area (Å²) < 4.78 is 10.3. The van der Waals surface area contributed by atoms with Crippen molar-refractivity contribution in [3.05, 3.63) is 34.4 Å². The summed E-state index contributed by atoms with van der Waals surface area (Å²) in [6.45, 7) is 3.18. The summed E-state index contributed by atoms with van der Waals surface area (Å²) in [7, 11) is 0. The van der Waals surface area contributed by atoms with Gasteiger partial charge in [0, 0.05) is 25.7 Å². The Kier molecular flexibility index (Phi) is 6.70.